The lowest BCUT2D eigenvalue weighted by molar-refractivity contribution is -0.127. The molecule has 0 saturated carbocycles. The minimum atomic E-state index is -1.06. The van der Waals surface area contributed by atoms with Crippen molar-refractivity contribution < 1.29 is 24.2 Å². The van der Waals surface area contributed by atoms with E-state index in [0.717, 1.165) is 16.7 Å². The summed E-state index contributed by atoms with van der Waals surface area (Å²) in [5.41, 5.74) is 3.39. The number of hydrogen-bond acceptors (Lipinski definition) is 5. The van der Waals surface area contributed by atoms with E-state index in [2.05, 4.69) is 35.7 Å². The predicted molar refractivity (Wildman–Crippen MR) is 187 cm³/mol. The smallest absolute Gasteiger partial charge is 0.317 e. The summed E-state index contributed by atoms with van der Waals surface area (Å²) in [5.74, 6) is -0.138. The molecule has 4 amide bonds. The summed E-state index contributed by atoms with van der Waals surface area (Å²) >= 11 is 0. The number of nitrogens with zero attached hydrogens (tertiary/aromatic N) is 1. The highest BCUT2D eigenvalue weighted by atomic mass is 16.5. The molecule has 4 N–H and O–H groups in total. The van der Waals surface area contributed by atoms with Crippen LogP contribution in [0.3, 0.4) is 0 Å². The molecule has 0 radical (unpaired) electrons. The average Bonchev–Trinajstić information content (AvgIpc) is 3.00. The summed E-state index contributed by atoms with van der Waals surface area (Å²) < 4.78 is 5.87. The minimum absolute atomic E-state index is 0.132. The third kappa shape index (κ3) is 14.2. The maximum Gasteiger partial charge on any atom is 0.317 e. The summed E-state index contributed by atoms with van der Waals surface area (Å²) in [6, 6.07) is 7.35. The summed E-state index contributed by atoms with van der Waals surface area (Å²) in [4.78, 5) is 40.5. The Labute approximate surface area is 275 Å². The monoisotopic (exact) mass is 634 g/mol. The topological polar surface area (TPSA) is 120 Å². The Hall–Kier alpha value is -4.37. The average molecular weight is 635 g/mol. The van der Waals surface area contributed by atoms with Crippen molar-refractivity contribution in [3.8, 4) is 0 Å². The fourth-order valence-corrected chi connectivity index (χ4v) is 5.03. The molecule has 0 spiro atoms. The van der Waals surface area contributed by atoms with Gasteiger partial charge in [0.1, 0.15) is 11.8 Å². The van der Waals surface area contributed by atoms with Crippen LogP contribution in [0.25, 0.3) is 0 Å². The molecule has 0 fully saturated rings. The van der Waals surface area contributed by atoms with Crippen molar-refractivity contribution in [1.82, 2.24) is 20.9 Å². The van der Waals surface area contributed by atoms with E-state index in [9.17, 15) is 19.5 Å². The molecule has 0 heterocycles. The molecular weight excluding hydrogens is 580 g/mol. The molecule has 0 aliphatic heterocycles. The standard InChI is InChI=1S/C37H54N4O5/c1-10-14-19-27(7)22-31(40-34(43)25-46-35(26(5)6)28(8)18-11-2)33(42)24-30(23-29-20-16-15-17-21-29)39-36(44)32(12-3)41(9)37(45)38-13-4/h10-11,14-21,30-33,42H,1-2,7,12-13,22-25H2,3-6,8-9H3,(H,38,45)(H,39,44)(H,40,43)/b19-14-,28-18-/t30-,31-,32?,33-/m0/s1. The number of urea groups is 1. The Kier molecular flexibility index (Phi) is 18.4. The van der Waals surface area contributed by atoms with Crippen LogP contribution in [-0.4, -0.2) is 72.3 Å². The zero-order valence-electron chi connectivity index (χ0n) is 28.5. The second-order valence-corrected chi connectivity index (χ2v) is 11.4. The highest BCUT2D eigenvalue weighted by Gasteiger charge is 2.30. The van der Waals surface area contributed by atoms with Gasteiger partial charge in [0.25, 0.3) is 5.91 Å². The van der Waals surface area contributed by atoms with Gasteiger partial charge in [0.05, 0.1) is 12.1 Å². The molecule has 4 atom stereocenters. The van der Waals surface area contributed by atoms with Gasteiger partial charge in [-0.25, -0.2) is 4.79 Å². The first-order valence-electron chi connectivity index (χ1n) is 15.8. The highest BCUT2D eigenvalue weighted by molar-refractivity contribution is 5.87. The number of aliphatic hydroxyl groups excluding tert-OH is 1. The Morgan fingerprint density at radius 1 is 1.04 bits per heavy atom. The van der Waals surface area contributed by atoms with Crippen molar-refractivity contribution in [3.63, 3.8) is 0 Å². The van der Waals surface area contributed by atoms with Crippen LogP contribution in [0, 0.1) is 0 Å². The van der Waals surface area contributed by atoms with E-state index in [1.807, 2.05) is 65.0 Å². The van der Waals surface area contributed by atoms with Crippen LogP contribution in [0.15, 0.2) is 103 Å². The summed E-state index contributed by atoms with van der Waals surface area (Å²) in [6.07, 6.45) is 8.76. The first-order valence-corrected chi connectivity index (χ1v) is 15.8. The molecule has 1 unspecified atom stereocenters. The van der Waals surface area contributed by atoms with Crippen molar-refractivity contribution in [1.29, 1.82) is 0 Å². The number of rotatable bonds is 20. The lowest BCUT2D eigenvalue weighted by Crippen LogP contribution is -2.54. The van der Waals surface area contributed by atoms with Crippen molar-refractivity contribution in [2.24, 2.45) is 0 Å². The van der Waals surface area contributed by atoms with E-state index in [-0.39, 0.29) is 31.4 Å². The molecule has 0 bridgehead atoms. The molecule has 0 aliphatic carbocycles. The van der Waals surface area contributed by atoms with E-state index in [4.69, 9.17) is 4.74 Å². The van der Waals surface area contributed by atoms with Crippen LogP contribution in [-0.2, 0) is 20.7 Å². The molecule has 252 valence electrons. The summed E-state index contributed by atoms with van der Waals surface area (Å²) in [5, 5.41) is 20.3. The Morgan fingerprint density at radius 3 is 2.28 bits per heavy atom. The summed E-state index contributed by atoms with van der Waals surface area (Å²) in [7, 11) is 1.59. The fraction of sp³-hybridized carbons (Fsp3) is 0.432. The number of carbonyl (C=O) groups excluding carboxylic acids is 3. The quantitative estimate of drug-likeness (QED) is 0.111. The molecule has 0 aliphatic rings. The van der Waals surface area contributed by atoms with Crippen LogP contribution in [0.5, 0.6) is 0 Å². The Bertz CT molecular complexity index is 1260. The van der Waals surface area contributed by atoms with Crippen molar-refractivity contribution >= 4 is 17.8 Å². The van der Waals surface area contributed by atoms with Gasteiger partial charge in [-0.2, -0.15) is 0 Å². The maximum absolute atomic E-state index is 13.5. The lowest BCUT2D eigenvalue weighted by atomic mass is 9.93. The molecule has 9 nitrogen and oxygen atoms in total. The predicted octanol–water partition coefficient (Wildman–Crippen LogP) is 5.52. The van der Waals surface area contributed by atoms with Crippen LogP contribution < -0.4 is 16.0 Å². The maximum atomic E-state index is 13.5. The number of ether oxygens (including phenoxy) is 1. The number of allylic oxidation sites excluding steroid dienone is 7. The zero-order chi connectivity index (χ0) is 34.6. The SMILES string of the molecule is C=C/C=C\C(=C)C[C@H](NC(=O)COC(=C(C)C)/C(C)=C\C=C)[C@@H](O)C[C@H](Cc1ccccc1)NC(=O)C(CC)N(C)C(=O)NCC. The van der Waals surface area contributed by atoms with E-state index < -0.39 is 30.1 Å². The number of benzene rings is 1. The van der Waals surface area contributed by atoms with E-state index in [0.29, 0.717) is 30.7 Å². The van der Waals surface area contributed by atoms with Gasteiger partial charge in [0.15, 0.2) is 6.61 Å². The largest absolute Gasteiger partial charge is 0.484 e. The van der Waals surface area contributed by atoms with E-state index in [1.165, 1.54) is 4.90 Å². The van der Waals surface area contributed by atoms with Gasteiger partial charge in [0.2, 0.25) is 5.91 Å². The third-order valence-electron chi connectivity index (χ3n) is 7.29. The van der Waals surface area contributed by atoms with Crippen molar-refractivity contribution in [3.05, 3.63) is 108 Å². The number of likely N-dealkylation sites (N-methyl/N-ethyl adjacent to an activating group) is 1. The second-order valence-electron chi connectivity index (χ2n) is 11.4. The number of hydrogen-bond donors (Lipinski definition) is 4. The van der Waals surface area contributed by atoms with Gasteiger partial charge >= 0.3 is 6.03 Å². The van der Waals surface area contributed by atoms with Gasteiger partial charge in [-0.1, -0.05) is 92.9 Å². The number of aliphatic hydroxyl groups is 1. The van der Waals surface area contributed by atoms with Crippen molar-refractivity contribution in [2.45, 2.75) is 84.5 Å². The molecule has 1 rings (SSSR count). The zero-order valence-corrected chi connectivity index (χ0v) is 28.5. The van der Waals surface area contributed by atoms with Gasteiger partial charge in [-0.05, 0) is 70.1 Å². The first kappa shape index (κ1) is 39.7. The van der Waals surface area contributed by atoms with Crippen LogP contribution >= 0.6 is 0 Å². The Morgan fingerprint density at radius 2 is 1.72 bits per heavy atom. The van der Waals surface area contributed by atoms with Gasteiger partial charge in [-0.3, -0.25) is 9.59 Å². The number of amides is 4. The van der Waals surface area contributed by atoms with E-state index >= 15 is 0 Å². The normalized spacial score (nSPS) is 13.8. The van der Waals surface area contributed by atoms with Crippen molar-refractivity contribution in [2.75, 3.05) is 20.2 Å². The molecule has 0 saturated heterocycles. The fourth-order valence-electron chi connectivity index (χ4n) is 5.03. The molecule has 1 aromatic carbocycles. The lowest BCUT2D eigenvalue weighted by Gasteiger charge is -2.31. The molecule has 9 heteroatoms. The molecule has 0 aromatic heterocycles. The highest BCUT2D eigenvalue weighted by Crippen LogP contribution is 2.18. The van der Waals surface area contributed by atoms with Crippen LogP contribution in [0.2, 0.25) is 0 Å². The van der Waals surface area contributed by atoms with Gasteiger partial charge in [-0.15, -0.1) is 0 Å². The molecule has 46 heavy (non-hydrogen) atoms. The minimum Gasteiger partial charge on any atom is -0.484 e. The Balaban J connectivity index is 3.26. The second kappa shape index (κ2) is 21.4. The molecule has 1 aromatic rings. The first-order chi connectivity index (χ1) is 21.9. The van der Waals surface area contributed by atoms with Gasteiger partial charge in [0, 0.05) is 19.6 Å². The molecular formula is C37H54N4O5. The third-order valence-corrected chi connectivity index (χ3v) is 7.29. The van der Waals surface area contributed by atoms with Gasteiger partial charge < -0.3 is 30.7 Å². The number of nitrogens with one attached hydrogen (secondary N) is 3. The summed E-state index contributed by atoms with van der Waals surface area (Å²) in [6.45, 7) is 21.0. The number of carbonyl (C=O) groups is 3. The van der Waals surface area contributed by atoms with Crippen LogP contribution in [0.1, 0.15) is 59.4 Å². The van der Waals surface area contributed by atoms with E-state index in [1.54, 1.807) is 37.4 Å². The van der Waals surface area contributed by atoms with Crippen LogP contribution in [0.4, 0.5) is 4.79 Å².